The van der Waals surface area contributed by atoms with Gasteiger partial charge in [-0.2, -0.15) is 5.10 Å². The third-order valence-corrected chi connectivity index (χ3v) is 2.98. The van der Waals surface area contributed by atoms with Crippen LogP contribution in [0.4, 0.5) is 0 Å². The molecule has 0 radical (unpaired) electrons. The molecule has 1 heterocycles. The summed E-state index contributed by atoms with van der Waals surface area (Å²) in [6, 6.07) is 0. The minimum atomic E-state index is -0.346. The van der Waals surface area contributed by atoms with E-state index < -0.39 is 0 Å². The molecule has 1 atom stereocenters. The number of rotatable bonds is 6. The van der Waals surface area contributed by atoms with E-state index in [4.69, 9.17) is 9.47 Å². The smallest absolute Gasteiger partial charge is 0.341 e. The Kier molecular flexibility index (Phi) is 5.34. The molecule has 0 saturated carbocycles. The predicted octanol–water partition coefficient (Wildman–Crippen LogP) is 2.16. The average molecular weight is 254 g/mol. The third kappa shape index (κ3) is 3.57. The van der Waals surface area contributed by atoms with Crippen molar-refractivity contribution in [3.63, 3.8) is 0 Å². The number of aryl methyl sites for hydroxylation is 1. The summed E-state index contributed by atoms with van der Waals surface area (Å²) < 4.78 is 12.4. The highest BCUT2D eigenvalue weighted by Gasteiger charge is 2.18. The monoisotopic (exact) mass is 254 g/mol. The lowest BCUT2D eigenvalue weighted by atomic mass is 10.1. The highest BCUT2D eigenvalue weighted by Crippen LogP contribution is 2.14. The molecule has 0 aliphatic heterocycles. The van der Waals surface area contributed by atoms with Crippen molar-refractivity contribution in [1.29, 1.82) is 0 Å². The fourth-order valence-corrected chi connectivity index (χ4v) is 1.42. The maximum Gasteiger partial charge on any atom is 0.341 e. The second-order valence-corrected chi connectivity index (χ2v) is 4.61. The molecule has 1 aromatic rings. The Morgan fingerprint density at radius 3 is 2.67 bits per heavy atom. The molecule has 0 spiro atoms. The largest absolute Gasteiger partial charge is 0.462 e. The standard InChI is InChI=1S/C13H22N2O3/c1-6-17-13(16)11-7-14-15(5)12(11)8-18-10(4)9(2)3/h7,9-10H,6,8H2,1-5H3. The molecule has 1 rings (SSSR count). The number of ether oxygens (including phenoxy) is 2. The normalized spacial score (nSPS) is 12.8. The number of carbonyl (C=O) groups excluding carboxylic acids is 1. The van der Waals surface area contributed by atoms with Crippen LogP contribution < -0.4 is 0 Å². The molecule has 0 amide bonds. The summed E-state index contributed by atoms with van der Waals surface area (Å²) in [5.41, 5.74) is 1.23. The zero-order valence-electron chi connectivity index (χ0n) is 11.8. The van der Waals surface area contributed by atoms with E-state index in [1.165, 1.54) is 6.20 Å². The van der Waals surface area contributed by atoms with Crippen LogP contribution in [0.3, 0.4) is 0 Å². The summed E-state index contributed by atoms with van der Waals surface area (Å²) in [5.74, 6) is 0.0886. The van der Waals surface area contributed by atoms with Gasteiger partial charge >= 0.3 is 5.97 Å². The van der Waals surface area contributed by atoms with Crippen molar-refractivity contribution in [3.8, 4) is 0 Å². The van der Waals surface area contributed by atoms with Crippen LogP contribution in [-0.4, -0.2) is 28.5 Å². The van der Waals surface area contributed by atoms with Crippen LogP contribution in [0.2, 0.25) is 0 Å². The minimum absolute atomic E-state index is 0.134. The number of esters is 1. The van der Waals surface area contributed by atoms with Crippen LogP contribution in [0.25, 0.3) is 0 Å². The molecular formula is C13H22N2O3. The van der Waals surface area contributed by atoms with Gasteiger partial charge in [-0.25, -0.2) is 4.79 Å². The molecule has 0 aliphatic carbocycles. The fraction of sp³-hybridized carbons (Fsp3) is 0.692. The van der Waals surface area contributed by atoms with E-state index >= 15 is 0 Å². The van der Waals surface area contributed by atoms with Crippen molar-refractivity contribution in [1.82, 2.24) is 9.78 Å². The molecule has 1 aromatic heterocycles. The van der Waals surface area contributed by atoms with Crippen LogP contribution in [0.15, 0.2) is 6.20 Å². The molecular weight excluding hydrogens is 232 g/mol. The Bertz CT molecular complexity index is 399. The Hall–Kier alpha value is -1.36. The summed E-state index contributed by atoms with van der Waals surface area (Å²) in [4.78, 5) is 11.7. The minimum Gasteiger partial charge on any atom is -0.462 e. The van der Waals surface area contributed by atoms with Crippen molar-refractivity contribution in [2.45, 2.75) is 40.4 Å². The van der Waals surface area contributed by atoms with E-state index in [-0.39, 0.29) is 12.1 Å². The van der Waals surface area contributed by atoms with Crippen LogP contribution >= 0.6 is 0 Å². The molecule has 5 heteroatoms. The highest BCUT2D eigenvalue weighted by atomic mass is 16.5. The quantitative estimate of drug-likeness (QED) is 0.730. The summed E-state index contributed by atoms with van der Waals surface area (Å²) in [5, 5.41) is 4.08. The molecule has 102 valence electrons. The van der Waals surface area contributed by atoms with E-state index in [0.717, 1.165) is 5.69 Å². The van der Waals surface area contributed by atoms with Gasteiger partial charge in [-0.1, -0.05) is 13.8 Å². The molecule has 18 heavy (non-hydrogen) atoms. The lowest BCUT2D eigenvalue weighted by Crippen LogP contribution is -2.17. The molecule has 0 fully saturated rings. The Morgan fingerprint density at radius 1 is 1.44 bits per heavy atom. The Morgan fingerprint density at radius 2 is 2.11 bits per heavy atom. The average Bonchev–Trinajstić information content (AvgIpc) is 2.67. The van der Waals surface area contributed by atoms with Gasteiger partial charge < -0.3 is 9.47 Å². The number of nitrogens with zero attached hydrogens (tertiary/aromatic N) is 2. The summed E-state index contributed by atoms with van der Waals surface area (Å²) >= 11 is 0. The first-order valence-electron chi connectivity index (χ1n) is 6.27. The number of aromatic nitrogens is 2. The predicted molar refractivity (Wildman–Crippen MR) is 68.3 cm³/mol. The van der Waals surface area contributed by atoms with Gasteiger partial charge in [0, 0.05) is 7.05 Å². The molecule has 0 N–H and O–H groups in total. The van der Waals surface area contributed by atoms with Gasteiger partial charge in [-0.15, -0.1) is 0 Å². The molecule has 0 saturated heterocycles. The van der Waals surface area contributed by atoms with E-state index in [0.29, 0.717) is 24.7 Å². The summed E-state index contributed by atoms with van der Waals surface area (Å²) in [6.07, 6.45) is 1.66. The van der Waals surface area contributed by atoms with E-state index in [9.17, 15) is 4.79 Å². The van der Waals surface area contributed by atoms with Crippen LogP contribution in [0.1, 0.15) is 43.7 Å². The topological polar surface area (TPSA) is 53.3 Å². The van der Waals surface area contributed by atoms with Gasteiger partial charge in [-0.05, 0) is 19.8 Å². The molecule has 0 bridgehead atoms. The van der Waals surface area contributed by atoms with Crippen molar-refractivity contribution in [2.75, 3.05) is 6.61 Å². The first kappa shape index (κ1) is 14.7. The van der Waals surface area contributed by atoms with Gasteiger partial charge in [0.1, 0.15) is 5.56 Å². The zero-order valence-corrected chi connectivity index (χ0v) is 11.8. The Balaban J connectivity index is 2.75. The van der Waals surface area contributed by atoms with Gasteiger partial charge in [-0.3, -0.25) is 4.68 Å². The van der Waals surface area contributed by atoms with Gasteiger partial charge in [0.2, 0.25) is 0 Å². The first-order chi connectivity index (χ1) is 8.47. The lowest BCUT2D eigenvalue weighted by Gasteiger charge is -2.17. The van der Waals surface area contributed by atoms with Crippen LogP contribution in [-0.2, 0) is 23.1 Å². The zero-order chi connectivity index (χ0) is 13.7. The summed E-state index contributed by atoms with van der Waals surface area (Å²) in [7, 11) is 1.79. The van der Waals surface area contributed by atoms with Gasteiger partial charge in [0.25, 0.3) is 0 Å². The van der Waals surface area contributed by atoms with Crippen molar-refractivity contribution >= 4 is 5.97 Å². The third-order valence-electron chi connectivity index (χ3n) is 2.98. The number of hydrogen-bond acceptors (Lipinski definition) is 4. The first-order valence-corrected chi connectivity index (χ1v) is 6.27. The number of hydrogen-bond donors (Lipinski definition) is 0. The molecule has 1 unspecified atom stereocenters. The maximum absolute atomic E-state index is 11.7. The molecule has 0 aliphatic rings. The second-order valence-electron chi connectivity index (χ2n) is 4.61. The van der Waals surface area contributed by atoms with E-state index in [1.54, 1.807) is 18.7 Å². The van der Waals surface area contributed by atoms with E-state index in [2.05, 4.69) is 18.9 Å². The highest BCUT2D eigenvalue weighted by molar-refractivity contribution is 5.90. The fourth-order valence-electron chi connectivity index (χ4n) is 1.42. The van der Waals surface area contributed by atoms with Crippen LogP contribution in [0, 0.1) is 5.92 Å². The van der Waals surface area contributed by atoms with Crippen molar-refractivity contribution < 1.29 is 14.3 Å². The number of carbonyl (C=O) groups is 1. The summed E-state index contributed by atoms with van der Waals surface area (Å²) in [6.45, 7) is 8.72. The molecule has 5 nitrogen and oxygen atoms in total. The van der Waals surface area contributed by atoms with E-state index in [1.807, 2.05) is 6.92 Å². The Labute approximate surface area is 108 Å². The van der Waals surface area contributed by atoms with Gasteiger partial charge in [0.05, 0.1) is 31.2 Å². The van der Waals surface area contributed by atoms with Crippen molar-refractivity contribution in [2.24, 2.45) is 13.0 Å². The SMILES string of the molecule is CCOC(=O)c1cnn(C)c1COC(C)C(C)C. The van der Waals surface area contributed by atoms with Crippen molar-refractivity contribution in [3.05, 3.63) is 17.5 Å². The van der Waals surface area contributed by atoms with Gasteiger partial charge in [0.15, 0.2) is 0 Å². The molecule has 0 aromatic carbocycles. The van der Waals surface area contributed by atoms with Crippen LogP contribution in [0.5, 0.6) is 0 Å². The lowest BCUT2D eigenvalue weighted by molar-refractivity contribution is 0.0191. The second kappa shape index (κ2) is 6.54. The maximum atomic E-state index is 11.7.